The van der Waals surface area contributed by atoms with Gasteiger partial charge in [-0.2, -0.15) is 0 Å². The maximum atomic E-state index is 13.5. The minimum atomic E-state index is -1.01. The SMILES string of the molecule is COCCCn1ccnc1Nc1c(F)cc(F)cc1F. The summed E-state index contributed by atoms with van der Waals surface area (Å²) in [5, 5.41) is 2.54. The predicted octanol–water partition coefficient (Wildman–Crippen LogP) is 3.08. The number of imidazole rings is 1. The van der Waals surface area contributed by atoms with Crippen LogP contribution in [0.1, 0.15) is 6.42 Å². The van der Waals surface area contributed by atoms with Crippen LogP contribution in [0, 0.1) is 17.5 Å². The summed E-state index contributed by atoms with van der Waals surface area (Å²) in [6, 6.07) is 1.23. The van der Waals surface area contributed by atoms with E-state index in [1.807, 2.05) is 0 Å². The second-order valence-corrected chi connectivity index (χ2v) is 4.16. The molecule has 0 saturated heterocycles. The molecule has 0 amide bonds. The van der Waals surface area contributed by atoms with E-state index in [9.17, 15) is 13.2 Å². The summed E-state index contributed by atoms with van der Waals surface area (Å²) in [6.45, 7) is 1.15. The first-order chi connectivity index (χ1) is 9.61. The first-order valence-electron chi connectivity index (χ1n) is 6.03. The van der Waals surface area contributed by atoms with E-state index in [0.29, 0.717) is 25.3 Å². The molecule has 1 N–H and O–H groups in total. The Morgan fingerprint density at radius 3 is 2.60 bits per heavy atom. The average molecular weight is 285 g/mol. The van der Waals surface area contributed by atoms with Gasteiger partial charge in [0.05, 0.1) is 0 Å². The third-order valence-corrected chi connectivity index (χ3v) is 2.71. The minimum Gasteiger partial charge on any atom is -0.385 e. The summed E-state index contributed by atoms with van der Waals surface area (Å²) in [5.74, 6) is -2.69. The highest BCUT2D eigenvalue weighted by atomic mass is 19.1. The van der Waals surface area contributed by atoms with Crippen molar-refractivity contribution in [3.05, 3.63) is 42.0 Å². The molecule has 0 radical (unpaired) electrons. The van der Waals surface area contributed by atoms with Crippen LogP contribution in [-0.4, -0.2) is 23.3 Å². The molecule has 1 aromatic heterocycles. The predicted molar refractivity (Wildman–Crippen MR) is 68.3 cm³/mol. The second-order valence-electron chi connectivity index (χ2n) is 4.16. The van der Waals surface area contributed by atoms with Crippen LogP contribution in [-0.2, 0) is 11.3 Å². The molecule has 0 fully saturated rings. The van der Waals surface area contributed by atoms with Crippen molar-refractivity contribution < 1.29 is 17.9 Å². The third kappa shape index (κ3) is 3.30. The summed E-state index contributed by atoms with van der Waals surface area (Å²) < 4.78 is 46.5. The number of benzene rings is 1. The Morgan fingerprint density at radius 1 is 1.25 bits per heavy atom. The Labute approximate surface area is 114 Å². The Kier molecular flexibility index (Phi) is 4.62. The number of aryl methyl sites for hydroxylation is 1. The largest absolute Gasteiger partial charge is 0.385 e. The Hall–Kier alpha value is -2.02. The van der Waals surface area contributed by atoms with Gasteiger partial charge in [0, 0.05) is 44.8 Å². The zero-order chi connectivity index (χ0) is 14.5. The van der Waals surface area contributed by atoms with Gasteiger partial charge in [-0.15, -0.1) is 0 Å². The quantitative estimate of drug-likeness (QED) is 0.829. The second kappa shape index (κ2) is 6.42. The van der Waals surface area contributed by atoms with Gasteiger partial charge in [0.1, 0.15) is 11.5 Å². The fraction of sp³-hybridized carbons (Fsp3) is 0.308. The van der Waals surface area contributed by atoms with Gasteiger partial charge in [0.25, 0.3) is 0 Å². The smallest absolute Gasteiger partial charge is 0.207 e. The van der Waals surface area contributed by atoms with Gasteiger partial charge in [0.15, 0.2) is 11.6 Å². The molecule has 1 aromatic carbocycles. The molecule has 0 aliphatic carbocycles. The van der Waals surface area contributed by atoms with E-state index in [-0.39, 0.29) is 5.95 Å². The topological polar surface area (TPSA) is 39.1 Å². The van der Waals surface area contributed by atoms with Crippen LogP contribution in [0.2, 0.25) is 0 Å². The zero-order valence-corrected chi connectivity index (χ0v) is 10.9. The lowest BCUT2D eigenvalue weighted by Crippen LogP contribution is -2.07. The molecule has 108 valence electrons. The fourth-order valence-corrected chi connectivity index (χ4v) is 1.77. The van der Waals surface area contributed by atoms with E-state index in [4.69, 9.17) is 4.74 Å². The summed E-state index contributed by atoms with van der Waals surface area (Å²) in [7, 11) is 1.59. The lowest BCUT2D eigenvalue weighted by atomic mass is 10.3. The van der Waals surface area contributed by atoms with E-state index in [1.165, 1.54) is 6.20 Å². The minimum absolute atomic E-state index is 0.283. The maximum absolute atomic E-state index is 13.5. The van der Waals surface area contributed by atoms with Crippen LogP contribution in [0.3, 0.4) is 0 Å². The van der Waals surface area contributed by atoms with Gasteiger partial charge in [-0.1, -0.05) is 0 Å². The highest BCUT2D eigenvalue weighted by Crippen LogP contribution is 2.23. The summed E-state index contributed by atoms with van der Waals surface area (Å²) in [4.78, 5) is 3.98. The van der Waals surface area contributed by atoms with E-state index in [0.717, 1.165) is 6.42 Å². The number of nitrogens with zero attached hydrogens (tertiary/aromatic N) is 2. The van der Waals surface area contributed by atoms with Gasteiger partial charge in [-0.25, -0.2) is 18.2 Å². The third-order valence-electron chi connectivity index (χ3n) is 2.71. The van der Waals surface area contributed by atoms with Crippen LogP contribution in [0.25, 0.3) is 0 Å². The van der Waals surface area contributed by atoms with Gasteiger partial charge in [-0.3, -0.25) is 0 Å². The standard InChI is InChI=1S/C13H14F3N3O/c1-20-6-2-4-19-5-3-17-13(19)18-12-10(15)7-9(14)8-11(12)16/h3,5,7-8H,2,4,6H2,1H3,(H,17,18). The highest BCUT2D eigenvalue weighted by Gasteiger charge is 2.13. The molecular weight excluding hydrogens is 271 g/mol. The molecule has 0 aliphatic heterocycles. The molecule has 7 heteroatoms. The lowest BCUT2D eigenvalue weighted by molar-refractivity contribution is 0.190. The van der Waals surface area contributed by atoms with Crippen molar-refractivity contribution in [1.82, 2.24) is 9.55 Å². The van der Waals surface area contributed by atoms with E-state index >= 15 is 0 Å². The molecule has 20 heavy (non-hydrogen) atoms. The van der Waals surface area contributed by atoms with Crippen LogP contribution >= 0.6 is 0 Å². The monoisotopic (exact) mass is 285 g/mol. The number of anilines is 2. The van der Waals surface area contributed by atoms with Gasteiger partial charge in [0.2, 0.25) is 5.95 Å². The number of ether oxygens (including phenoxy) is 1. The van der Waals surface area contributed by atoms with Gasteiger partial charge in [-0.05, 0) is 6.42 Å². The average Bonchev–Trinajstić information content (AvgIpc) is 2.81. The number of aromatic nitrogens is 2. The fourth-order valence-electron chi connectivity index (χ4n) is 1.77. The molecule has 0 saturated carbocycles. The molecule has 0 aliphatic rings. The molecule has 1 heterocycles. The summed E-state index contributed by atoms with van der Waals surface area (Å²) >= 11 is 0. The number of halogens is 3. The van der Waals surface area contributed by atoms with Crippen LogP contribution in [0.4, 0.5) is 24.8 Å². The van der Waals surface area contributed by atoms with Gasteiger partial charge < -0.3 is 14.6 Å². The van der Waals surface area contributed by atoms with Crippen molar-refractivity contribution >= 4 is 11.6 Å². The molecule has 0 atom stereocenters. The molecule has 0 unspecified atom stereocenters. The number of nitrogens with one attached hydrogen (secondary N) is 1. The molecule has 2 rings (SSSR count). The van der Waals surface area contributed by atoms with E-state index in [2.05, 4.69) is 10.3 Å². The van der Waals surface area contributed by atoms with E-state index in [1.54, 1.807) is 17.9 Å². The maximum Gasteiger partial charge on any atom is 0.207 e. The van der Waals surface area contributed by atoms with Crippen LogP contribution in [0.5, 0.6) is 0 Å². The Balaban J connectivity index is 2.16. The van der Waals surface area contributed by atoms with Gasteiger partial charge >= 0.3 is 0 Å². The summed E-state index contributed by atoms with van der Waals surface area (Å²) in [5.41, 5.74) is -0.425. The zero-order valence-electron chi connectivity index (χ0n) is 10.9. The number of rotatable bonds is 6. The van der Waals surface area contributed by atoms with Crippen molar-refractivity contribution in [2.75, 3.05) is 19.0 Å². The first kappa shape index (κ1) is 14.4. The molecular formula is C13H14F3N3O. The van der Waals surface area contributed by atoms with Crippen molar-refractivity contribution in [2.45, 2.75) is 13.0 Å². The van der Waals surface area contributed by atoms with Crippen molar-refractivity contribution in [2.24, 2.45) is 0 Å². The van der Waals surface area contributed by atoms with Crippen molar-refractivity contribution in [3.63, 3.8) is 0 Å². The highest BCUT2D eigenvalue weighted by molar-refractivity contribution is 5.55. The molecule has 4 nitrogen and oxygen atoms in total. The van der Waals surface area contributed by atoms with Crippen molar-refractivity contribution in [3.8, 4) is 0 Å². The lowest BCUT2D eigenvalue weighted by Gasteiger charge is -2.11. The van der Waals surface area contributed by atoms with Crippen LogP contribution in [0.15, 0.2) is 24.5 Å². The number of hydrogen-bond donors (Lipinski definition) is 1. The number of hydrogen-bond acceptors (Lipinski definition) is 3. The number of methoxy groups -OCH3 is 1. The Bertz CT molecular complexity index is 563. The van der Waals surface area contributed by atoms with E-state index < -0.39 is 23.1 Å². The normalized spacial score (nSPS) is 10.8. The van der Waals surface area contributed by atoms with Crippen molar-refractivity contribution in [1.29, 1.82) is 0 Å². The molecule has 0 spiro atoms. The first-order valence-corrected chi connectivity index (χ1v) is 6.03. The summed E-state index contributed by atoms with van der Waals surface area (Å²) in [6.07, 6.45) is 3.92. The Morgan fingerprint density at radius 2 is 1.95 bits per heavy atom. The molecule has 2 aromatic rings. The molecule has 0 bridgehead atoms. The van der Waals surface area contributed by atoms with Crippen LogP contribution < -0.4 is 5.32 Å².